The van der Waals surface area contributed by atoms with E-state index in [9.17, 15) is 0 Å². The zero-order valence-corrected chi connectivity index (χ0v) is 27.8. The van der Waals surface area contributed by atoms with Crippen LogP contribution in [-0.4, -0.2) is 24.5 Å². The van der Waals surface area contributed by atoms with E-state index in [-0.39, 0.29) is 0 Å². The highest BCUT2D eigenvalue weighted by Crippen LogP contribution is 2.39. The number of hydrogen-bond acceptors (Lipinski definition) is 6. The minimum atomic E-state index is 0.561. The normalized spacial score (nSPS) is 11.9. The molecule has 0 saturated heterocycles. The standard InChI is InChI=1S/C44H25N5OS/c1-2-10-26(11-3-1)41-46-42(27-19-22-39-35(24-27)31-13-5-7-18-38(31)51-39)48-43(47-41)34-15-8-14-32-30-21-20-28(25-37(30)50-40(32)34)49-36-17-6-4-12-29(36)33-16-9-23-45-44(33)49/h1-25H. The Balaban J connectivity index is 1.11. The Labute approximate surface area is 294 Å². The summed E-state index contributed by atoms with van der Waals surface area (Å²) in [6.45, 7) is 0. The number of furan rings is 1. The van der Waals surface area contributed by atoms with Crippen LogP contribution in [-0.2, 0) is 0 Å². The number of fused-ring (bicyclic) bond motifs is 9. The van der Waals surface area contributed by atoms with Gasteiger partial charge < -0.3 is 4.42 Å². The number of para-hydroxylation sites is 2. The van der Waals surface area contributed by atoms with Crippen molar-refractivity contribution in [1.82, 2.24) is 24.5 Å². The highest BCUT2D eigenvalue weighted by Gasteiger charge is 2.20. The lowest BCUT2D eigenvalue weighted by Gasteiger charge is -2.09. The van der Waals surface area contributed by atoms with Gasteiger partial charge >= 0.3 is 0 Å². The monoisotopic (exact) mass is 671 g/mol. The van der Waals surface area contributed by atoms with Crippen LogP contribution >= 0.6 is 11.3 Å². The van der Waals surface area contributed by atoms with Gasteiger partial charge in [0.15, 0.2) is 17.5 Å². The maximum Gasteiger partial charge on any atom is 0.167 e. The van der Waals surface area contributed by atoms with Gasteiger partial charge in [-0.05, 0) is 60.7 Å². The number of nitrogens with zero attached hydrogens (tertiary/aromatic N) is 5. The fourth-order valence-electron chi connectivity index (χ4n) is 7.37. The molecule has 11 rings (SSSR count). The zero-order valence-electron chi connectivity index (χ0n) is 27.0. The summed E-state index contributed by atoms with van der Waals surface area (Å²) in [5.74, 6) is 1.79. The van der Waals surface area contributed by atoms with Crippen LogP contribution in [0.15, 0.2) is 156 Å². The van der Waals surface area contributed by atoms with Crippen LogP contribution in [0.25, 0.3) is 104 Å². The van der Waals surface area contributed by atoms with Gasteiger partial charge in [-0.15, -0.1) is 11.3 Å². The second-order valence-electron chi connectivity index (χ2n) is 12.7. The molecule has 0 N–H and O–H groups in total. The maximum atomic E-state index is 6.75. The van der Waals surface area contributed by atoms with Gasteiger partial charge in [0.25, 0.3) is 0 Å². The Kier molecular flexibility index (Phi) is 6.02. The molecule has 0 radical (unpaired) electrons. The molecule has 0 unspecified atom stereocenters. The molecule has 0 aliphatic rings. The summed E-state index contributed by atoms with van der Waals surface area (Å²) in [4.78, 5) is 20.0. The summed E-state index contributed by atoms with van der Waals surface area (Å²) in [5, 5.41) is 6.75. The van der Waals surface area contributed by atoms with Crippen molar-refractivity contribution in [2.24, 2.45) is 0 Å². The van der Waals surface area contributed by atoms with Crippen LogP contribution in [0.1, 0.15) is 0 Å². The third kappa shape index (κ3) is 4.35. The van der Waals surface area contributed by atoms with Crippen molar-refractivity contribution in [1.29, 1.82) is 0 Å². The van der Waals surface area contributed by atoms with Crippen molar-refractivity contribution in [2.75, 3.05) is 0 Å². The molecule has 5 heterocycles. The van der Waals surface area contributed by atoms with Gasteiger partial charge in [-0.1, -0.05) is 78.9 Å². The summed E-state index contributed by atoms with van der Waals surface area (Å²) < 4.78 is 11.5. The minimum Gasteiger partial charge on any atom is -0.455 e. The molecule has 6 nitrogen and oxygen atoms in total. The topological polar surface area (TPSA) is 69.6 Å². The number of aromatic nitrogens is 5. The first-order chi connectivity index (χ1) is 25.3. The van der Waals surface area contributed by atoms with E-state index in [2.05, 4.69) is 102 Å². The van der Waals surface area contributed by atoms with Crippen molar-refractivity contribution < 1.29 is 4.42 Å². The Morgan fingerprint density at radius 2 is 1.24 bits per heavy atom. The first kappa shape index (κ1) is 28.2. The van der Waals surface area contributed by atoms with E-state index in [0.717, 1.165) is 60.9 Å². The first-order valence-corrected chi connectivity index (χ1v) is 17.6. The lowest BCUT2D eigenvalue weighted by molar-refractivity contribution is 0.669. The molecular formula is C44H25N5OS. The zero-order chi connectivity index (χ0) is 33.5. The molecule has 0 atom stereocenters. The van der Waals surface area contributed by atoms with Crippen molar-refractivity contribution in [3.63, 3.8) is 0 Å². The van der Waals surface area contributed by atoms with Crippen LogP contribution in [0.5, 0.6) is 0 Å². The number of thiophene rings is 1. The molecule has 6 aromatic carbocycles. The van der Waals surface area contributed by atoms with Gasteiger partial charge in [0.1, 0.15) is 16.8 Å². The van der Waals surface area contributed by atoms with Crippen LogP contribution in [0.2, 0.25) is 0 Å². The summed E-state index contributed by atoms with van der Waals surface area (Å²) in [5.41, 5.74) is 7.19. The van der Waals surface area contributed by atoms with Gasteiger partial charge in [-0.2, -0.15) is 0 Å². The SMILES string of the molecule is c1ccc(-c2nc(-c3ccc4sc5ccccc5c4c3)nc(-c3cccc4c3oc3cc(-n5c6ccccc6c6cccnc65)ccc34)n2)cc1. The minimum absolute atomic E-state index is 0.561. The molecule has 11 aromatic rings. The van der Waals surface area contributed by atoms with Gasteiger partial charge in [0.2, 0.25) is 0 Å². The van der Waals surface area contributed by atoms with Crippen molar-refractivity contribution in [3.8, 4) is 39.9 Å². The lowest BCUT2D eigenvalue weighted by atomic mass is 10.1. The number of benzene rings is 6. The third-order valence-electron chi connectivity index (χ3n) is 9.72. The first-order valence-electron chi connectivity index (χ1n) is 16.8. The second kappa shape index (κ2) is 10.9. The smallest absolute Gasteiger partial charge is 0.167 e. The van der Waals surface area contributed by atoms with Crippen LogP contribution in [0, 0.1) is 0 Å². The second-order valence-corrected chi connectivity index (χ2v) is 13.8. The molecule has 0 aliphatic heterocycles. The molecule has 0 saturated carbocycles. The molecule has 0 aliphatic carbocycles. The van der Waals surface area contributed by atoms with Crippen LogP contribution in [0.3, 0.4) is 0 Å². The molecule has 5 aromatic heterocycles. The van der Waals surface area contributed by atoms with E-state index in [0.29, 0.717) is 17.5 Å². The molecule has 0 fully saturated rings. The van der Waals surface area contributed by atoms with E-state index in [1.807, 2.05) is 54.7 Å². The number of hydrogen-bond donors (Lipinski definition) is 0. The van der Waals surface area contributed by atoms with Crippen molar-refractivity contribution in [2.45, 2.75) is 0 Å². The number of pyridine rings is 1. The largest absolute Gasteiger partial charge is 0.455 e. The predicted molar refractivity (Wildman–Crippen MR) is 208 cm³/mol. The Morgan fingerprint density at radius 3 is 2.16 bits per heavy atom. The third-order valence-corrected chi connectivity index (χ3v) is 10.9. The molecular weight excluding hydrogens is 647 g/mol. The quantitative estimate of drug-likeness (QED) is 0.186. The molecule has 51 heavy (non-hydrogen) atoms. The highest BCUT2D eigenvalue weighted by atomic mass is 32.1. The summed E-state index contributed by atoms with van der Waals surface area (Å²) >= 11 is 1.80. The average molecular weight is 672 g/mol. The van der Waals surface area contributed by atoms with Crippen molar-refractivity contribution >= 4 is 75.4 Å². The van der Waals surface area contributed by atoms with Gasteiger partial charge in [0.05, 0.1) is 16.8 Å². The maximum absolute atomic E-state index is 6.75. The Bertz CT molecular complexity index is 3100. The highest BCUT2D eigenvalue weighted by molar-refractivity contribution is 7.25. The lowest BCUT2D eigenvalue weighted by Crippen LogP contribution is -2.00. The van der Waals surface area contributed by atoms with E-state index in [1.165, 1.54) is 25.6 Å². The summed E-state index contributed by atoms with van der Waals surface area (Å²) in [6, 6.07) is 50.2. The van der Waals surface area contributed by atoms with Crippen molar-refractivity contribution in [3.05, 3.63) is 152 Å². The van der Waals surface area contributed by atoms with E-state index in [4.69, 9.17) is 24.4 Å². The predicted octanol–water partition coefficient (Wildman–Crippen LogP) is 11.6. The Morgan fingerprint density at radius 1 is 0.490 bits per heavy atom. The molecule has 0 amide bonds. The molecule has 238 valence electrons. The fourth-order valence-corrected chi connectivity index (χ4v) is 8.45. The molecule has 0 spiro atoms. The molecule has 0 bridgehead atoms. The number of rotatable bonds is 4. The average Bonchev–Trinajstić information content (AvgIpc) is 3.87. The van der Waals surface area contributed by atoms with Crippen LogP contribution < -0.4 is 0 Å². The van der Waals surface area contributed by atoms with E-state index in [1.54, 1.807) is 11.3 Å². The summed E-state index contributed by atoms with van der Waals surface area (Å²) in [6.07, 6.45) is 1.84. The van der Waals surface area contributed by atoms with Gasteiger partial charge in [-0.3, -0.25) is 4.57 Å². The Hall–Kier alpha value is -6.70. The summed E-state index contributed by atoms with van der Waals surface area (Å²) in [7, 11) is 0. The fraction of sp³-hybridized carbons (Fsp3) is 0. The molecule has 7 heteroatoms. The van der Waals surface area contributed by atoms with Gasteiger partial charge in [0, 0.05) is 65.1 Å². The van der Waals surface area contributed by atoms with Gasteiger partial charge in [-0.25, -0.2) is 19.9 Å². The van der Waals surface area contributed by atoms with E-state index >= 15 is 0 Å². The van der Waals surface area contributed by atoms with E-state index < -0.39 is 0 Å². The van der Waals surface area contributed by atoms with Crippen LogP contribution in [0.4, 0.5) is 0 Å².